The van der Waals surface area contributed by atoms with E-state index in [0.29, 0.717) is 11.4 Å². The monoisotopic (exact) mass is 439 g/mol. The molecule has 0 spiro atoms. The molecule has 3 N–H and O–H groups in total. The highest BCUT2D eigenvalue weighted by Crippen LogP contribution is 2.53. The Balaban J connectivity index is 1.58. The average Bonchev–Trinajstić information content (AvgIpc) is 2.96. The van der Waals surface area contributed by atoms with Crippen LogP contribution in [0.2, 0.25) is 0 Å². The fourth-order valence-corrected chi connectivity index (χ4v) is 5.83. The first-order valence-corrected chi connectivity index (χ1v) is 11.5. The number of carbonyl (C=O) groups is 2. The molecule has 8 nitrogen and oxygen atoms in total. The number of hydrogen-bond donors (Lipinski definition) is 3. The molecule has 1 saturated heterocycles. The van der Waals surface area contributed by atoms with Crippen molar-refractivity contribution < 1.29 is 14.7 Å². The second-order valence-corrected chi connectivity index (χ2v) is 8.99. The normalized spacial score (nSPS) is 22.4. The molecule has 1 aromatic carbocycles. The van der Waals surface area contributed by atoms with E-state index < -0.39 is 11.3 Å². The number of ketones is 1. The number of Topliss-reactive ketones (excluding diaryl/α,β-unsaturated/α-hetero) is 1. The van der Waals surface area contributed by atoms with Gasteiger partial charge in [0, 0.05) is 31.1 Å². The number of aliphatic hydroxyl groups is 1. The molecule has 162 valence electrons. The van der Waals surface area contributed by atoms with Crippen molar-refractivity contribution in [1.29, 1.82) is 0 Å². The Morgan fingerprint density at radius 3 is 2.97 bits per heavy atom. The van der Waals surface area contributed by atoms with Gasteiger partial charge in [0.15, 0.2) is 5.78 Å². The number of anilines is 3. The molecular formula is C22H25N5O3S. The third-order valence-corrected chi connectivity index (χ3v) is 7.23. The predicted molar refractivity (Wildman–Crippen MR) is 120 cm³/mol. The zero-order valence-electron chi connectivity index (χ0n) is 17.1. The summed E-state index contributed by atoms with van der Waals surface area (Å²) in [5.74, 6) is 0.0256. The van der Waals surface area contributed by atoms with Crippen LogP contribution in [0.4, 0.5) is 17.3 Å². The molecule has 0 radical (unpaired) electrons. The lowest BCUT2D eigenvalue weighted by Gasteiger charge is -2.37. The molecule has 1 amide bonds. The molecule has 5 rings (SSSR count). The van der Waals surface area contributed by atoms with Gasteiger partial charge in [0.1, 0.15) is 22.9 Å². The number of rotatable bonds is 4. The molecule has 0 saturated carbocycles. The molecule has 1 aromatic heterocycles. The van der Waals surface area contributed by atoms with Gasteiger partial charge in [0.25, 0.3) is 0 Å². The number of benzene rings is 1. The minimum absolute atomic E-state index is 0.125. The number of hydrogen-bond acceptors (Lipinski definition) is 8. The van der Waals surface area contributed by atoms with Crippen LogP contribution in [-0.2, 0) is 4.79 Å². The van der Waals surface area contributed by atoms with E-state index in [4.69, 9.17) is 10.1 Å². The van der Waals surface area contributed by atoms with E-state index in [1.54, 1.807) is 0 Å². The van der Waals surface area contributed by atoms with Crippen molar-refractivity contribution in [2.24, 2.45) is 5.92 Å². The summed E-state index contributed by atoms with van der Waals surface area (Å²) < 4.78 is 0. The lowest BCUT2D eigenvalue weighted by molar-refractivity contribution is -0.123. The Morgan fingerprint density at radius 1 is 1.23 bits per heavy atom. The first kappa shape index (κ1) is 20.3. The molecule has 2 atom stereocenters. The zero-order valence-corrected chi connectivity index (χ0v) is 17.9. The molecule has 4 heterocycles. The first-order chi connectivity index (χ1) is 15.2. The third-order valence-electron chi connectivity index (χ3n) is 5.91. The Kier molecular flexibility index (Phi) is 5.56. The van der Waals surface area contributed by atoms with Crippen LogP contribution < -0.4 is 20.4 Å². The summed E-state index contributed by atoms with van der Waals surface area (Å²) >= 11 is 1.52. The van der Waals surface area contributed by atoms with Crippen molar-refractivity contribution in [2.75, 3.05) is 49.1 Å². The molecule has 0 bridgehead atoms. The predicted octanol–water partition coefficient (Wildman–Crippen LogP) is 1.37. The van der Waals surface area contributed by atoms with Gasteiger partial charge in [-0.25, -0.2) is 4.98 Å². The maximum Gasteiger partial charge on any atom is 0.234 e. The standard InChI is InChI=1S/C22H25N5O3S/c28-13-10-24-21(30)18-19(29)14-6-7-17(26-11-3-8-23-9-12-26)25-20(14)27-15-4-1-2-5-16(15)31-22(18)27/h1-2,4-7,18,22-23,28H,3,8-13H2,(H,24,30). The third kappa shape index (κ3) is 3.56. The second kappa shape index (κ2) is 8.49. The molecule has 3 aliphatic rings. The quantitative estimate of drug-likeness (QED) is 0.615. The lowest BCUT2D eigenvalue weighted by Crippen LogP contribution is -2.50. The van der Waals surface area contributed by atoms with Gasteiger partial charge < -0.3 is 25.5 Å². The Bertz CT molecular complexity index is 1010. The van der Waals surface area contributed by atoms with Crippen LogP contribution in [0, 0.1) is 5.92 Å². The van der Waals surface area contributed by atoms with Crippen LogP contribution in [-0.4, -0.2) is 66.5 Å². The van der Waals surface area contributed by atoms with E-state index in [1.165, 1.54) is 11.8 Å². The van der Waals surface area contributed by atoms with Crippen molar-refractivity contribution in [2.45, 2.75) is 16.7 Å². The largest absolute Gasteiger partial charge is 0.395 e. The van der Waals surface area contributed by atoms with Gasteiger partial charge in [0.05, 0.1) is 17.9 Å². The maximum absolute atomic E-state index is 13.4. The summed E-state index contributed by atoms with van der Waals surface area (Å²) in [5, 5.41) is 14.8. The molecule has 1 fully saturated rings. The highest BCUT2D eigenvalue weighted by molar-refractivity contribution is 8.00. The summed E-state index contributed by atoms with van der Waals surface area (Å²) in [6.45, 7) is 3.62. The van der Waals surface area contributed by atoms with Crippen molar-refractivity contribution in [3.05, 3.63) is 42.0 Å². The number of para-hydroxylation sites is 1. The van der Waals surface area contributed by atoms with E-state index >= 15 is 0 Å². The zero-order chi connectivity index (χ0) is 21.4. The van der Waals surface area contributed by atoms with Gasteiger partial charge in [-0.1, -0.05) is 23.9 Å². The maximum atomic E-state index is 13.4. The number of nitrogens with one attached hydrogen (secondary N) is 2. The van der Waals surface area contributed by atoms with Gasteiger partial charge in [0.2, 0.25) is 5.91 Å². The Morgan fingerprint density at radius 2 is 2.10 bits per heavy atom. The number of aromatic nitrogens is 1. The summed E-state index contributed by atoms with van der Waals surface area (Å²) in [7, 11) is 0. The lowest BCUT2D eigenvalue weighted by atomic mass is 9.91. The summed E-state index contributed by atoms with van der Waals surface area (Å²) in [6, 6.07) is 11.6. The summed E-state index contributed by atoms with van der Waals surface area (Å²) in [6.07, 6.45) is 1.04. The number of amides is 1. The molecule has 3 aliphatic heterocycles. The van der Waals surface area contributed by atoms with E-state index in [2.05, 4.69) is 15.5 Å². The summed E-state index contributed by atoms with van der Waals surface area (Å²) in [4.78, 5) is 36.6. The van der Waals surface area contributed by atoms with Crippen LogP contribution >= 0.6 is 11.8 Å². The number of thioether (sulfide) groups is 1. The van der Waals surface area contributed by atoms with Gasteiger partial charge in [-0.05, 0) is 37.2 Å². The highest BCUT2D eigenvalue weighted by atomic mass is 32.2. The Labute approximate surface area is 185 Å². The van der Waals surface area contributed by atoms with E-state index in [-0.39, 0.29) is 24.8 Å². The number of pyridine rings is 1. The number of nitrogens with zero attached hydrogens (tertiary/aromatic N) is 3. The molecular weight excluding hydrogens is 414 g/mol. The molecule has 2 unspecified atom stereocenters. The van der Waals surface area contributed by atoms with Crippen LogP contribution in [0.5, 0.6) is 0 Å². The number of fused-ring (bicyclic) bond motifs is 5. The molecule has 9 heteroatoms. The van der Waals surface area contributed by atoms with Crippen LogP contribution in [0.1, 0.15) is 16.8 Å². The minimum atomic E-state index is -0.869. The summed E-state index contributed by atoms with van der Waals surface area (Å²) in [5.41, 5.74) is 1.43. The van der Waals surface area contributed by atoms with Gasteiger partial charge in [-0.3, -0.25) is 9.59 Å². The highest BCUT2D eigenvalue weighted by Gasteiger charge is 2.50. The Hall–Kier alpha value is -2.62. The van der Waals surface area contributed by atoms with E-state index in [1.807, 2.05) is 41.3 Å². The first-order valence-electron chi connectivity index (χ1n) is 10.6. The van der Waals surface area contributed by atoms with Gasteiger partial charge >= 0.3 is 0 Å². The van der Waals surface area contributed by atoms with Crippen LogP contribution in [0.25, 0.3) is 0 Å². The fraction of sp³-hybridized carbons (Fsp3) is 0.409. The number of carbonyl (C=O) groups excluding carboxylic acids is 2. The second-order valence-electron chi connectivity index (χ2n) is 7.83. The van der Waals surface area contributed by atoms with Gasteiger partial charge in [-0.2, -0.15) is 0 Å². The van der Waals surface area contributed by atoms with Gasteiger partial charge in [-0.15, -0.1) is 0 Å². The van der Waals surface area contributed by atoms with Crippen molar-refractivity contribution in [1.82, 2.24) is 15.6 Å². The smallest absolute Gasteiger partial charge is 0.234 e. The van der Waals surface area contributed by atoms with Crippen LogP contribution in [0.3, 0.4) is 0 Å². The molecule has 0 aliphatic carbocycles. The van der Waals surface area contributed by atoms with Crippen molar-refractivity contribution in [3.63, 3.8) is 0 Å². The van der Waals surface area contributed by atoms with Crippen LogP contribution in [0.15, 0.2) is 41.3 Å². The minimum Gasteiger partial charge on any atom is -0.395 e. The van der Waals surface area contributed by atoms with E-state index in [0.717, 1.165) is 49.0 Å². The SMILES string of the molecule is O=C(NCCO)C1C(=O)c2ccc(N3CCCNCC3)nc2N2c3ccccc3SC12. The van der Waals surface area contributed by atoms with E-state index in [9.17, 15) is 9.59 Å². The molecule has 31 heavy (non-hydrogen) atoms. The van der Waals surface area contributed by atoms with Crippen molar-refractivity contribution >= 4 is 40.8 Å². The average molecular weight is 440 g/mol. The number of aliphatic hydroxyl groups excluding tert-OH is 1. The topological polar surface area (TPSA) is 97.8 Å². The van der Waals surface area contributed by atoms with Crippen molar-refractivity contribution in [3.8, 4) is 0 Å². The fourth-order valence-electron chi connectivity index (χ4n) is 4.43. The molecule has 2 aromatic rings.